The number of benzene rings is 1. The average molecular weight is 214 g/mol. The van der Waals surface area contributed by atoms with Crippen LogP contribution in [-0.2, 0) is 0 Å². The number of thioether (sulfide) groups is 1. The Kier molecular flexibility index (Phi) is 2.70. The molecule has 1 aromatic rings. The molecule has 1 nitrogen and oxygen atoms in total. The van der Waals surface area contributed by atoms with Crippen molar-refractivity contribution >= 4 is 29.1 Å². The smallest absolute Gasteiger partial charge is 0.0437 e. The third kappa shape index (κ3) is 2.55. The van der Waals surface area contributed by atoms with E-state index in [0.29, 0.717) is 6.04 Å². The molecule has 1 aliphatic carbocycles. The maximum absolute atomic E-state index is 5.98. The number of hydrogen-bond acceptors (Lipinski definition) is 2. The van der Waals surface area contributed by atoms with Crippen LogP contribution in [0.3, 0.4) is 0 Å². The first-order valence-corrected chi connectivity index (χ1v) is 5.99. The Labute approximate surface area is 87.9 Å². The molecular weight excluding hydrogens is 202 g/mol. The fourth-order valence-electron chi connectivity index (χ4n) is 1.23. The minimum Gasteiger partial charge on any atom is -0.382 e. The molecule has 70 valence electrons. The quantitative estimate of drug-likeness (QED) is 0.770. The van der Waals surface area contributed by atoms with Crippen molar-refractivity contribution in [1.29, 1.82) is 0 Å². The molecule has 1 aromatic carbocycles. The van der Waals surface area contributed by atoms with Gasteiger partial charge < -0.3 is 5.32 Å². The van der Waals surface area contributed by atoms with Gasteiger partial charge in [-0.1, -0.05) is 11.6 Å². The van der Waals surface area contributed by atoms with Crippen molar-refractivity contribution in [2.45, 2.75) is 23.8 Å². The van der Waals surface area contributed by atoms with E-state index in [0.717, 1.165) is 10.7 Å². The lowest BCUT2D eigenvalue weighted by molar-refractivity contribution is 1.15. The van der Waals surface area contributed by atoms with Crippen LogP contribution in [0, 0.1) is 0 Å². The van der Waals surface area contributed by atoms with Gasteiger partial charge in [0.2, 0.25) is 0 Å². The van der Waals surface area contributed by atoms with Crippen molar-refractivity contribution in [3.63, 3.8) is 0 Å². The van der Waals surface area contributed by atoms with Crippen molar-refractivity contribution in [2.75, 3.05) is 11.6 Å². The number of anilines is 1. The minimum atomic E-state index is 0.688. The monoisotopic (exact) mass is 213 g/mol. The highest BCUT2D eigenvalue weighted by Gasteiger charge is 2.20. The van der Waals surface area contributed by atoms with Crippen molar-refractivity contribution in [3.8, 4) is 0 Å². The van der Waals surface area contributed by atoms with Gasteiger partial charge in [0.1, 0.15) is 0 Å². The van der Waals surface area contributed by atoms with Gasteiger partial charge in [0.15, 0.2) is 0 Å². The molecular formula is C10H12ClNS. The zero-order valence-corrected chi connectivity index (χ0v) is 9.08. The van der Waals surface area contributed by atoms with Gasteiger partial charge in [-0.15, -0.1) is 11.8 Å². The summed E-state index contributed by atoms with van der Waals surface area (Å²) in [5.74, 6) is 0. The molecule has 0 amide bonds. The summed E-state index contributed by atoms with van der Waals surface area (Å²) >= 11 is 7.70. The van der Waals surface area contributed by atoms with Gasteiger partial charge in [-0.2, -0.15) is 0 Å². The average Bonchev–Trinajstić information content (AvgIpc) is 2.87. The van der Waals surface area contributed by atoms with Crippen LogP contribution in [0.2, 0.25) is 5.02 Å². The van der Waals surface area contributed by atoms with Gasteiger partial charge >= 0.3 is 0 Å². The second kappa shape index (κ2) is 3.81. The van der Waals surface area contributed by atoms with E-state index in [9.17, 15) is 0 Å². The normalized spacial score (nSPS) is 15.8. The molecule has 0 saturated heterocycles. The van der Waals surface area contributed by atoms with Gasteiger partial charge in [-0.3, -0.25) is 0 Å². The maximum atomic E-state index is 5.98. The van der Waals surface area contributed by atoms with E-state index in [4.69, 9.17) is 11.6 Å². The third-order valence-corrected chi connectivity index (χ3v) is 2.98. The minimum absolute atomic E-state index is 0.688. The summed E-state index contributed by atoms with van der Waals surface area (Å²) in [5, 5.41) is 4.25. The molecule has 0 heterocycles. The second-order valence-electron chi connectivity index (χ2n) is 3.30. The van der Waals surface area contributed by atoms with Crippen LogP contribution < -0.4 is 5.32 Å². The van der Waals surface area contributed by atoms with E-state index in [2.05, 4.69) is 17.6 Å². The molecule has 0 spiro atoms. The molecule has 1 aliphatic rings. The summed E-state index contributed by atoms with van der Waals surface area (Å²) in [6.45, 7) is 0. The van der Waals surface area contributed by atoms with E-state index in [1.165, 1.54) is 17.7 Å². The standard InChI is InChI=1S/C10H12ClNS/c1-13-10-5-7(11)4-9(6-10)12-8-2-3-8/h4-6,8,12H,2-3H2,1H3. The van der Waals surface area contributed by atoms with E-state index in [-0.39, 0.29) is 0 Å². The number of halogens is 1. The Morgan fingerprint density at radius 1 is 1.38 bits per heavy atom. The topological polar surface area (TPSA) is 12.0 Å². The van der Waals surface area contributed by atoms with E-state index in [1.807, 2.05) is 12.1 Å². The summed E-state index contributed by atoms with van der Waals surface area (Å²) < 4.78 is 0. The maximum Gasteiger partial charge on any atom is 0.0437 e. The number of rotatable bonds is 3. The van der Waals surface area contributed by atoms with Gasteiger partial charge in [0.25, 0.3) is 0 Å². The summed E-state index contributed by atoms with van der Waals surface area (Å²) in [4.78, 5) is 1.22. The zero-order chi connectivity index (χ0) is 9.26. The lowest BCUT2D eigenvalue weighted by Gasteiger charge is -2.06. The third-order valence-electron chi connectivity index (χ3n) is 2.06. The van der Waals surface area contributed by atoms with Gasteiger partial charge in [0.05, 0.1) is 0 Å². The van der Waals surface area contributed by atoms with Crippen LogP contribution in [0.25, 0.3) is 0 Å². The van der Waals surface area contributed by atoms with Gasteiger partial charge in [-0.25, -0.2) is 0 Å². The molecule has 1 N–H and O–H groups in total. The molecule has 0 bridgehead atoms. The highest BCUT2D eigenvalue weighted by molar-refractivity contribution is 7.98. The molecule has 0 aliphatic heterocycles. The van der Waals surface area contributed by atoms with Crippen LogP contribution in [0.15, 0.2) is 23.1 Å². The van der Waals surface area contributed by atoms with E-state index in [1.54, 1.807) is 11.8 Å². The van der Waals surface area contributed by atoms with Crippen molar-refractivity contribution in [1.82, 2.24) is 0 Å². The largest absolute Gasteiger partial charge is 0.382 e. The Morgan fingerprint density at radius 2 is 2.15 bits per heavy atom. The van der Waals surface area contributed by atoms with Gasteiger partial charge in [0, 0.05) is 21.6 Å². The first-order chi connectivity index (χ1) is 6.28. The van der Waals surface area contributed by atoms with Crippen molar-refractivity contribution in [2.24, 2.45) is 0 Å². The first kappa shape index (κ1) is 9.22. The SMILES string of the molecule is CSc1cc(Cl)cc(NC2CC2)c1. The fraction of sp³-hybridized carbons (Fsp3) is 0.400. The Morgan fingerprint density at radius 3 is 2.77 bits per heavy atom. The molecule has 0 aromatic heterocycles. The number of hydrogen-bond donors (Lipinski definition) is 1. The lowest BCUT2D eigenvalue weighted by Crippen LogP contribution is -2.00. The van der Waals surface area contributed by atoms with Crippen LogP contribution >= 0.6 is 23.4 Å². The molecule has 0 atom stereocenters. The van der Waals surface area contributed by atoms with E-state index < -0.39 is 0 Å². The second-order valence-corrected chi connectivity index (χ2v) is 4.61. The molecule has 1 fully saturated rings. The highest BCUT2D eigenvalue weighted by Crippen LogP contribution is 2.29. The summed E-state index contributed by atoms with van der Waals surface area (Å²) in [7, 11) is 0. The van der Waals surface area contributed by atoms with Crippen molar-refractivity contribution in [3.05, 3.63) is 23.2 Å². The predicted molar refractivity (Wildman–Crippen MR) is 59.9 cm³/mol. The summed E-state index contributed by atoms with van der Waals surface area (Å²) in [6, 6.07) is 6.81. The van der Waals surface area contributed by atoms with Crippen LogP contribution in [0.1, 0.15) is 12.8 Å². The fourth-order valence-corrected chi connectivity index (χ4v) is 2.02. The molecule has 3 heteroatoms. The number of nitrogens with one attached hydrogen (secondary N) is 1. The highest BCUT2D eigenvalue weighted by atomic mass is 35.5. The summed E-state index contributed by atoms with van der Waals surface area (Å²) in [5.41, 5.74) is 1.15. The molecule has 1 saturated carbocycles. The Bertz CT molecular complexity index is 310. The van der Waals surface area contributed by atoms with Gasteiger partial charge in [-0.05, 0) is 37.3 Å². The lowest BCUT2D eigenvalue weighted by atomic mass is 10.3. The molecule has 0 radical (unpaired) electrons. The Balaban J connectivity index is 2.17. The van der Waals surface area contributed by atoms with Crippen LogP contribution in [0.4, 0.5) is 5.69 Å². The van der Waals surface area contributed by atoms with Crippen molar-refractivity contribution < 1.29 is 0 Å². The molecule has 2 rings (SSSR count). The predicted octanol–water partition coefficient (Wildman–Crippen LogP) is 3.64. The molecule has 13 heavy (non-hydrogen) atoms. The summed E-state index contributed by atoms with van der Waals surface area (Å²) in [6.07, 6.45) is 4.65. The Hall–Kier alpha value is -0.340. The van der Waals surface area contributed by atoms with E-state index >= 15 is 0 Å². The van der Waals surface area contributed by atoms with Crippen LogP contribution in [-0.4, -0.2) is 12.3 Å². The first-order valence-electron chi connectivity index (χ1n) is 4.39. The zero-order valence-electron chi connectivity index (χ0n) is 7.51. The molecule has 0 unspecified atom stereocenters. The van der Waals surface area contributed by atoms with Crippen LogP contribution in [0.5, 0.6) is 0 Å².